The van der Waals surface area contributed by atoms with Crippen molar-refractivity contribution < 1.29 is 18.7 Å². The van der Waals surface area contributed by atoms with Crippen LogP contribution in [-0.4, -0.2) is 62.3 Å². The number of furan rings is 1. The van der Waals surface area contributed by atoms with Crippen LogP contribution in [-0.2, 0) is 11.2 Å². The van der Waals surface area contributed by atoms with Crippen LogP contribution in [0.15, 0.2) is 46.9 Å². The molecule has 1 fully saturated rings. The van der Waals surface area contributed by atoms with Gasteiger partial charge in [-0.3, -0.25) is 14.6 Å². The second-order valence-corrected chi connectivity index (χ2v) is 9.38. The zero-order valence-electron chi connectivity index (χ0n) is 19.6. The summed E-state index contributed by atoms with van der Waals surface area (Å²) in [7, 11) is 1.60. The van der Waals surface area contributed by atoms with Crippen LogP contribution in [0.2, 0.25) is 0 Å². The third-order valence-corrected chi connectivity index (χ3v) is 7.29. The molecule has 2 aromatic heterocycles. The molecule has 2 aromatic carbocycles. The van der Waals surface area contributed by atoms with Crippen molar-refractivity contribution in [3.8, 4) is 5.75 Å². The molecule has 0 unspecified atom stereocenters. The predicted molar refractivity (Wildman–Crippen MR) is 135 cm³/mol. The average Bonchev–Trinajstić information content (AvgIpc) is 3.51. The summed E-state index contributed by atoms with van der Waals surface area (Å²) in [4.78, 5) is 22.8. The molecule has 1 aliphatic rings. The molecule has 4 aromatic rings. The molecule has 0 N–H and O–H groups in total. The number of aromatic nitrogens is 1. The number of nitrogens with zero attached hydrogens (tertiary/aromatic N) is 3. The molecule has 34 heavy (non-hydrogen) atoms. The summed E-state index contributed by atoms with van der Waals surface area (Å²) in [5.41, 5.74) is 2.75. The van der Waals surface area contributed by atoms with Crippen LogP contribution < -0.4 is 9.64 Å². The van der Waals surface area contributed by atoms with E-state index < -0.39 is 0 Å². The van der Waals surface area contributed by atoms with Crippen molar-refractivity contribution in [2.24, 2.45) is 0 Å². The molecule has 7 nitrogen and oxygen atoms in total. The van der Waals surface area contributed by atoms with Crippen molar-refractivity contribution in [3.63, 3.8) is 0 Å². The minimum absolute atomic E-state index is 0.183. The smallest absolute Gasteiger partial charge is 0.295 e. The Hall–Kier alpha value is -2.94. The third-order valence-electron chi connectivity index (χ3n) is 6.25. The molecule has 178 valence electrons. The Morgan fingerprint density at radius 2 is 2.03 bits per heavy atom. The van der Waals surface area contributed by atoms with E-state index in [2.05, 4.69) is 30.0 Å². The van der Waals surface area contributed by atoms with E-state index in [1.54, 1.807) is 29.4 Å². The number of carbonyl (C=O) groups is 1. The highest BCUT2D eigenvalue weighted by Crippen LogP contribution is 2.34. The summed E-state index contributed by atoms with van der Waals surface area (Å²) in [6, 6.07) is 13.7. The lowest BCUT2D eigenvalue weighted by molar-refractivity contribution is 0.0376. The zero-order valence-corrected chi connectivity index (χ0v) is 20.4. The van der Waals surface area contributed by atoms with Crippen LogP contribution in [0, 0.1) is 0 Å². The molecule has 1 amide bonds. The van der Waals surface area contributed by atoms with Crippen LogP contribution >= 0.6 is 11.3 Å². The first-order valence-corrected chi connectivity index (χ1v) is 12.6. The molecule has 0 atom stereocenters. The molecule has 3 heterocycles. The van der Waals surface area contributed by atoms with Gasteiger partial charge < -0.3 is 13.9 Å². The van der Waals surface area contributed by atoms with Gasteiger partial charge in [-0.1, -0.05) is 42.5 Å². The van der Waals surface area contributed by atoms with Crippen LogP contribution in [0.3, 0.4) is 0 Å². The van der Waals surface area contributed by atoms with Gasteiger partial charge in [0, 0.05) is 31.6 Å². The Labute approximate surface area is 202 Å². The van der Waals surface area contributed by atoms with E-state index in [0.29, 0.717) is 28.8 Å². The summed E-state index contributed by atoms with van der Waals surface area (Å²) in [5, 5.41) is 1.55. The zero-order chi connectivity index (χ0) is 23.5. The lowest BCUT2D eigenvalue weighted by atomic mass is 10.1. The van der Waals surface area contributed by atoms with Gasteiger partial charge >= 0.3 is 0 Å². The van der Waals surface area contributed by atoms with E-state index in [0.717, 1.165) is 61.3 Å². The number of amides is 1. The van der Waals surface area contributed by atoms with Crippen LogP contribution in [0.25, 0.3) is 21.2 Å². The summed E-state index contributed by atoms with van der Waals surface area (Å²) < 4.78 is 18.0. The van der Waals surface area contributed by atoms with Crippen molar-refractivity contribution >= 4 is 43.6 Å². The minimum Gasteiger partial charge on any atom is -0.493 e. The molecule has 5 rings (SSSR count). The highest BCUT2D eigenvalue weighted by Gasteiger charge is 2.25. The number of benzene rings is 2. The van der Waals surface area contributed by atoms with Gasteiger partial charge in [0.15, 0.2) is 22.2 Å². The first-order valence-electron chi connectivity index (χ1n) is 11.7. The number of morpholine rings is 1. The summed E-state index contributed by atoms with van der Waals surface area (Å²) in [6.45, 7) is 6.98. The van der Waals surface area contributed by atoms with Crippen molar-refractivity contribution in [1.29, 1.82) is 0 Å². The molecule has 0 aliphatic carbocycles. The number of thiazole rings is 1. The summed E-state index contributed by atoms with van der Waals surface area (Å²) in [6.07, 6.45) is 1.74. The van der Waals surface area contributed by atoms with Gasteiger partial charge in [-0.2, -0.15) is 0 Å². The van der Waals surface area contributed by atoms with Gasteiger partial charge in [0.1, 0.15) is 0 Å². The van der Waals surface area contributed by atoms with E-state index in [1.807, 2.05) is 18.2 Å². The Kier molecular flexibility index (Phi) is 6.80. The largest absolute Gasteiger partial charge is 0.493 e. The number of hydrogen-bond acceptors (Lipinski definition) is 7. The average molecular weight is 480 g/mol. The van der Waals surface area contributed by atoms with Gasteiger partial charge in [0.05, 0.1) is 30.5 Å². The SMILES string of the molecule is CCc1cccc2sc(N(CCCN3CCOCC3)C(=O)c3cc4cccc(OC)c4o3)nc12. The number of methoxy groups -OCH3 is 1. The summed E-state index contributed by atoms with van der Waals surface area (Å²) >= 11 is 1.55. The number of carbonyl (C=O) groups excluding carboxylic acids is 1. The van der Waals surface area contributed by atoms with Crippen LogP contribution in [0.5, 0.6) is 5.75 Å². The van der Waals surface area contributed by atoms with Crippen molar-refractivity contribution in [2.45, 2.75) is 19.8 Å². The van der Waals surface area contributed by atoms with Gasteiger partial charge in [-0.25, -0.2) is 4.98 Å². The number of hydrogen-bond donors (Lipinski definition) is 0. The number of fused-ring (bicyclic) bond motifs is 2. The maximum atomic E-state index is 13.8. The van der Waals surface area contributed by atoms with Crippen molar-refractivity contribution in [2.75, 3.05) is 51.4 Å². The van der Waals surface area contributed by atoms with Gasteiger partial charge in [-0.05, 0) is 36.6 Å². The van der Waals surface area contributed by atoms with E-state index in [4.69, 9.17) is 18.9 Å². The Morgan fingerprint density at radius 3 is 2.82 bits per heavy atom. The lowest BCUT2D eigenvalue weighted by Gasteiger charge is -2.27. The molecular weight excluding hydrogens is 450 g/mol. The molecule has 0 bridgehead atoms. The Morgan fingerprint density at radius 1 is 1.21 bits per heavy atom. The highest BCUT2D eigenvalue weighted by atomic mass is 32.1. The third kappa shape index (κ3) is 4.53. The fourth-order valence-electron chi connectivity index (χ4n) is 4.39. The lowest BCUT2D eigenvalue weighted by Crippen LogP contribution is -2.39. The fourth-order valence-corrected chi connectivity index (χ4v) is 5.43. The molecule has 8 heteroatoms. The maximum absolute atomic E-state index is 13.8. The predicted octanol–water partition coefficient (Wildman–Crippen LogP) is 4.98. The number of aryl methyl sites for hydroxylation is 1. The minimum atomic E-state index is -0.183. The van der Waals surface area contributed by atoms with E-state index in [9.17, 15) is 4.79 Å². The van der Waals surface area contributed by atoms with Crippen molar-refractivity contribution in [1.82, 2.24) is 9.88 Å². The highest BCUT2D eigenvalue weighted by molar-refractivity contribution is 7.22. The Bertz CT molecular complexity index is 1290. The van der Waals surface area contributed by atoms with Gasteiger partial charge in [0.2, 0.25) is 0 Å². The van der Waals surface area contributed by atoms with E-state index in [1.165, 1.54) is 5.56 Å². The first kappa shape index (κ1) is 22.8. The van der Waals surface area contributed by atoms with Crippen LogP contribution in [0.4, 0.5) is 5.13 Å². The summed E-state index contributed by atoms with van der Waals surface area (Å²) in [5.74, 6) is 0.723. The monoisotopic (exact) mass is 479 g/mol. The number of ether oxygens (including phenoxy) is 2. The first-order chi connectivity index (χ1) is 16.7. The molecule has 1 aliphatic heterocycles. The molecule has 0 radical (unpaired) electrons. The van der Waals surface area contributed by atoms with E-state index >= 15 is 0 Å². The topological polar surface area (TPSA) is 68.0 Å². The van der Waals surface area contributed by atoms with Gasteiger partial charge in [0.25, 0.3) is 5.91 Å². The second-order valence-electron chi connectivity index (χ2n) is 8.37. The quantitative estimate of drug-likeness (QED) is 0.355. The fraction of sp³-hybridized carbons (Fsp3) is 0.385. The normalized spacial score (nSPS) is 14.6. The van der Waals surface area contributed by atoms with E-state index in [-0.39, 0.29) is 5.91 Å². The number of para-hydroxylation sites is 2. The van der Waals surface area contributed by atoms with Crippen molar-refractivity contribution in [3.05, 3.63) is 53.8 Å². The molecule has 0 spiro atoms. The second kappa shape index (κ2) is 10.1. The van der Waals surface area contributed by atoms with Gasteiger partial charge in [-0.15, -0.1) is 0 Å². The van der Waals surface area contributed by atoms with Crippen LogP contribution in [0.1, 0.15) is 29.5 Å². The Balaban J connectivity index is 1.46. The maximum Gasteiger partial charge on any atom is 0.295 e. The standard InChI is InChI=1S/C26H29N3O4S/c1-3-18-7-5-10-22-23(18)27-26(34-22)29(12-6-11-28-13-15-32-16-14-28)25(30)21-17-19-8-4-9-20(31-2)24(19)33-21/h4-5,7-10,17H,3,6,11-16H2,1-2H3. The molecular formula is C26H29N3O4S. The molecule has 0 saturated carbocycles. The molecule has 1 saturated heterocycles. The number of rotatable bonds is 8. The number of anilines is 1.